The van der Waals surface area contributed by atoms with Gasteiger partial charge in [-0.25, -0.2) is 4.79 Å². The standard InChI is InChI=1S/C17H26N2O3/c1-12-3-7-14(8-4-12)19-17(21)18-11-16(20)13-5-9-15(22-2)10-6-13/h5-6,9-10,12,14,16,20H,3-4,7-8,11H2,1-2H3,(H2,18,19,21). The summed E-state index contributed by atoms with van der Waals surface area (Å²) in [6.07, 6.45) is 3.69. The molecule has 5 heteroatoms. The van der Waals surface area contributed by atoms with Crippen molar-refractivity contribution in [1.82, 2.24) is 10.6 Å². The molecular weight excluding hydrogens is 280 g/mol. The highest BCUT2D eigenvalue weighted by Crippen LogP contribution is 2.23. The van der Waals surface area contributed by atoms with Crippen LogP contribution in [-0.2, 0) is 0 Å². The van der Waals surface area contributed by atoms with Crippen molar-refractivity contribution in [2.75, 3.05) is 13.7 Å². The lowest BCUT2D eigenvalue weighted by molar-refractivity contribution is 0.171. The minimum atomic E-state index is -0.719. The van der Waals surface area contributed by atoms with Crippen LogP contribution in [0.25, 0.3) is 0 Å². The Morgan fingerprint density at radius 1 is 1.27 bits per heavy atom. The number of amides is 2. The highest BCUT2D eigenvalue weighted by Gasteiger charge is 2.20. The molecular formula is C17H26N2O3. The Balaban J connectivity index is 1.73. The maximum atomic E-state index is 11.9. The number of nitrogens with one attached hydrogen (secondary N) is 2. The van der Waals surface area contributed by atoms with Crippen molar-refractivity contribution < 1.29 is 14.6 Å². The van der Waals surface area contributed by atoms with Gasteiger partial charge in [-0.1, -0.05) is 19.1 Å². The van der Waals surface area contributed by atoms with E-state index in [2.05, 4.69) is 17.6 Å². The number of hydrogen-bond donors (Lipinski definition) is 3. The Kier molecular flexibility index (Phi) is 6.07. The first-order valence-electron chi connectivity index (χ1n) is 7.95. The molecule has 0 radical (unpaired) electrons. The van der Waals surface area contributed by atoms with Gasteiger partial charge in [-0.3, -0.25) is 0 Å². The monoisotopic (exact) mass is 306 g/mol. The zero-order valence-electron chi connectivity index (χ0n) is 13.3. The molecule has 0 aliphatic heterocycles. The van der Waals surface area contributed by atoms with E-state index in [9.17, 15) is 9.90 Å². The van der Waals surface area contributed by atoms with E-state index in [1.165, 1.54) is 12.8 Å². The second kappa shape index (κ2) is 8.03. The number of methoxy groups -OCH3 is 1. The number of aliphatic hydroxyl groups excluding tert-OH is 1. The summed E-state index contributed by atoms with van der Waals surface area (Å²) in [7, 11) is 1.60. The van der Waals surface area contributed by atoms with Crippen molar-refractivity contribution >= 4 is 6.03 Å². The molecule has 1 aliphatic rings. The SMILES string of the molecule is COc1ccc(C(O)CNC(=O)NC2CCC(C)CC2)cc1. The van der Waals surface area contributed by atoms with E-state index >= 15 is 0 Å². The molecule has 1 aromatic rings. The highest BCUT2D eigenvalue weighted by molar-refractivity contribution is 5.74. The second-order valence-corrected chi connectivity index (χ2v) is 6.10. The zero-order chi connectivity index (χ0) is 15.9. The van der Waals surface area contributed by atoms with Crippen LogP contribution in [0.1, 0.15) is 44.3 Å². The van der Waals surface area contributed by atoms with Gasteiger partial charge in [-0.15, -0.1) is 0 Å². The molecule has 0 heterocycles. The molecule has 1 unspecified atom stereocenters. The van der Waals surface area contributed by atoms with Crippen LogP contribution in [0.3, 0.4) is 0 Å². The summed E-state index contributed by atoms with van der Waals surface area (Å²) < 4.78 is 5.08. The molecule has 5 nitrogen and oxygen atoms in total. The molecule has 2 rings (SSSR count). The van der Waals surface area contributed by atoms with E-state index < -0.39 is 6.10 Å². The van der Waals surface area contributed by atoms with Gasteiger partial charge < -0.3 is 20.5 Å². The van der Waals surface area contributed by atoms with Crippen LogP contribution >= 0.6 is 0 Å². The van der Waals surface area contributed by atoms with Crippen molar-refractivity contribution in [3.8, 4) is 5.75 Å². The molecule has 0 saturated heterocycles. The number of carbonyl (C=O) groups is 1. The number of urea groups is 1. The lowest BCUT2D eigenvalue weighted by Crippen LogP contribution is -2.44. The molecule has 0 spiro atoms. The Hall–Kier alpha value is -1.75. The Bertz CT molecular complexity index is 467. The smallest absolute Gasteiger partial charge is 0.315 e. The third-order valence-electron chi connectivity index (χ3n) is 4.31. The van der Waals surface area contributed by atoms with Crippen LogP contribution in [0, 0.1) is 5.92 Å². The van der Waals surface area contributed by atoms with Gasteiger partial charge in [0.05, 0.1) is 13.2 Å². The van der Waals surface area contributed by atoms with Crippen LogP contribution in [0.4, 0.5) is 4.79 Å². The van der Waals surface area contributed by atoms with Gasteiger partial charge in [0.2, 0.25) is 0 Å². The first-order chi connectivity index (χ1) is 10.6. The van der Waals surface area contributed by atoms with Crippen molar-refractivity contribution in [2.45, 2.75) is 44.8 Å². The van der Waals surface area contributed by atoms with Crippen molar-refractivity contribution in [1.29, 1.82) is 0 Å². The summed E-state index contributed by atoms with van der Waals surface area (Å²) in [5.41, 5.74) is 0.757. The Labute approximate surface area is 132 Å². The number of rotatable bonds is 5. The van der Waals surface area contributed by atoms with Crippen LogP contribution in [-0.4, -0.2) is 30.8 Å². The molecule has 0 bridgehead atoms. The summed E-state index contributed by atoms with van der Waals surface area (Å²) in [6.45, 7) is 2.45. The number of hydrogen-bond acceptors (Lipinski definition) is 3. The van der Waals surface area contributed by atoms with Crippen LogP contribution < -0.4 is 15.4 Å². The van der Waals surface area contributed by atoms with Crippen LogP contribution in [0.5, 0.6) is 5.75 Å². The van der Waals surface area contributed by atoms with Crippen LogP contribution in [0.2, 0.25) is 0 Å². The first kappa shape index (κ1) is 16.6. The molecule has 1 saturated carbocycles. The number of carbonyl (C=O) groups excluding carboxylic acids is 1. The minimum Gasteiger partial charge on any atom is -0.497 e. The maximum Gasteiger partial charge on any atom is 0.315 e. The van der Waals surface area contributed by atoms with E-state index in [1.54, 1.807) is 31.4 Å². The van der Waals surface area contributed by atoms with Gasteiger partial charge in [-0.2, -0.15) is 0 Å². The largest absolute Gasteiger partial charge is 0.497 e. The highest BCUT2D eigenvalue weighted by atomic mass is 16.5. The summed E-state index contributed by atoms with van der Waals surface area (Å²) in [5.74, 6) is 1.51. The predicted molar refractivity (Wildman–Crippen MR) is 85.9 cm³/mol. The molecule has 3 N–H and O–H groups in total. The van der Waals surface area contributed by atoms with E-state index in [1.807, 2.05) is 0 Å². The topological polar surface area (TPSA) is 70.6 Å². The summed E-state index contributed by atoms with van der Waals surface area (Å²) in [5, 5.41) is 15.8. The number of ether oxygens (including phenoxy) is 1. The lowest BCUT2D eigenvalue weighted by atomic mass is 9.87. The van der Waals surface area contributed by atoms with Crippen molar-refractivity contribution in [2.24, 2.45) is 5.92 Å². The average Bonchev–Trinajstić information content (AvgIpc) is 2.55. The third kappa shape index (κ3) is 4.91. The molecule has 2 amide bonds. The first-order valence-corrected chi connectivity index (χ1v) is 7.95. The van der Waals surface area contributed by atoms with Gasteiger partial charge in [-0.05, 0) is 49.3 Å². The van der Waals surface area contributed by atoms with Gasteiger partial charge in [0.15, 0.2) is 0 Å². The fourth-order valence-corrected chi connectivity index (χ4v) is 2.77. The van der Waals surface area contributed by atoms with E-state index in [0.717, 1.165) is 30.1 Å². The third-order valence-corrected chi connectivity index (χ3v) is 4.31. The Morgan fingerprint density at radius 3 is 2.50 bits per heavy atom. The zero-order valence-corrected chi connectivity index (χ0v) is 13.3. The maximum absolute atomic E-state index is 11.9. The lowest BCUT2D eigenvalue weighted by Gasteiger charge is -2.27. The number of aliphatic hydroxyl groups is 1. The summed E-state index contributed by atoms with van der Waals surface area (Å²) >= 11 is 0. The van der Waals surface area contributed by atoms with Crippen LogP contribution in [0.15, 0.2) is 24.3 Å². The normalized spacial score (nSPS) is 22.7. The van der Waals surface area contributed by atoms with Gasteiger partial charge in [0.1, 0.15) is 5.75 Å². The Morgan fingerprint density at radius 2 is 1.91 bits per heavy atom. The molecule has 1 atom stereocenters. The summed E-state index contributed by atoms with van der Waals surface area (Å²) in [4.78, 5) is 11.9. The quantitative estimate of drug-likeness (QED) is 0.783. The van der Waals surface area contributed by atoms with E-state index in [-0.39, 0.29) is 18.6 Å². The van der Waals surface area contributed by atoms with E-state index in [4.69, 9.17) is 4.74 Å². The fraction of sp³-hybridized carbons (Fsp3) is 0.588. The molecule has 0 aromatic heterocycles. The fourth-order valence-electron chi connectivity index (χ4n) is 2.77. The molecule has 122 valence electrons. The van der Waals surface area contributed by atoms with Crippen molar-refractivity contribution in [3.05, 3.63) is 29.8 Å². The van der Waals surface area contributed by atoms with Gasteiger partial charge in [0.25, 0.3) is 0 Å². The predicted octanol–water partition coefficient (Wildman–Crippen LogP) is 2.61. The average molecular weight is 306 g/mol. The van der Waals surface area contributed by atoms with Crippen molar-refractivity contribution in [3.63, 3.8) is 0 Å². The summed E-state index contributed by atoms with van der Waals surface area (Å²) in [6, 6.07) is 7.24. The molecule has 1 aromatic carbocycles. The minimum absolute atomic E-state index is 0.196. The molecule has 1 aliphatic carbocycles. The van der Waals surface area contributed by atoms with Gasteiger partial charge in [0, 0.05) is 12.6 Å². The second-order valence-electron chi connectivity index (χ2n) is 6.10. The van der Waals surface area contributed by atoms with Gasteiger partial charge >= 0.3 is 6.03 Å². The van der Waals surface area contributed by atoms with E-state index in [0.29, 0.717) is 0 Å². The molecule has 22 heavy (non-hydrogen) atoms. The molecule has 1 fully saturated rings. The number of benzene rings is 1.